The van der Waals surface area contributed by atoms with Gasteiger partial charge >= 0.3 is 0 Å². The van der Waals surface area contributed by atoms with Crippen molar-refractivity contribution in [2.45, 2.75) is 20.4 Å². The van der Waals surface area contributed by atoms with Crippen LogP contribution in [0.5, 0.6) is 5.75 Å². The summed E-state index contributed by atoms with van der Waals surface area (Å²) in [5, 5.41) is 17.8. The fourth-order valence-corrected chi connectivity index (χ4v) is 1.09. The van der Waals surface area contributed by atoms with Crippen LogP contribution in [0.1, 0.15) is 16.7 Å². The van der Waals surface area contributed by atoms with Crippen molar-refractivity contribution >= 4 is 0 Å². The number of hydrogen-bond acceptors (Lipinski definition) is 3. The lowest BCUT2D eigenvalue weighted by molar-refractivity contribution is 0.160. The van der Waals surface area contributed by atoms with Crippen molar-refractivity contribution in [2.75, 3.05) is 0 Å². The fraction of sp³-hybridized carbons (Fsp3) is 0.333. The van der Waals surface area contributed by atoms with Crippen LogP contribution in [0.3, 0.4) is 0 Å². The van der Waals surface area contributed by atoms with Gasteiger partial charge in [0.15, 0.2) is 0 Å². The molecule has 3 heteroatoms. The average molecular weight is 167 g/mol. The summed E-state index contributed by atoms with van der Waals surface area (Å²) in [5.74, 6) is 0.222. The Balaban J connectivity index is 3.05. The SMILES string of the molecule is Cc1cc(O)c(CNO)cc1C. The van der Waals surface area contributed by atoms with E-state index in [-0.39, 0.29) is 12.3 Å². The third-order valence-corrected chi connectivity index (χ3v) is 1.96. The second kappa shape index (κ2) is 3.56. The van der Waals surface area contributed by atoms with Gasteiger partial charge in [0.25, 0.3) is 0 Å². The van der Waals surface area contributed by atoms with E-state index in [1.807, 2.05) is 25.4 Å². The van der Waals surface area contributed by atoms with Gasteiger partial charge in [-0.25, -0.2) is 5.48 Å². The molecule has 0 spiro atoms. The highest BCUT2D eigenvalue weighted by atomic mass is 16.5. The molecule has 12 heavy (non-hydrogen) atoms. The van der Waals surface area contributed by atoms with E-state index in [2.05, 4.69) is 0 Å². The summed E-state index contributed by atoms with van der Waals surface area (Å²) in [4.78, 5) is 0. The summed E-state index contributed by atoms with van der Waals surface area (Å²) in [6, 6.07) is 3.55. The molecule has 0 amide bonds. The Hall–Kier alpha value is -1.06. The fourth-order valence-electron chi connectivity index (χ4n) is 1.09. The summed E-state index contributed by atoms with van der Waals surface area (Å²) < 4.78 is 0. The van der Waals surface area contributed by atoms with Gasteiger partial charge in [0, 0.05) is 12.1 Å². The van der Waals surface area contributed by atoms with Gasteiger partial charge < -0.3 is 10.3 Å². The molecule has 0 bridgehead atoms. The molecule has 3 N–H and O–H groups in total. The largest absolute Gasteiger partial charge is 0.508 e. The third kappa shape index (κ3) is 1.75. The molecule has 3 nitrogen and oxygen atoms in total. The predicted octanol–water partition coefficient (Wildman–Crippen LogP) is 1.49. The maximum absolute atomic E-state index is 9.40. The van der Waals surface area contributed by atoms with Gasteiger partial charge in [0.05, 0.1) is 0 Å². The minimum absolute atomic E-state index is 0.222. The van der Waals surface area contributed by atoms with E-state index in [0.29, 0.717) is 5.56 Å². The zero-order chi connectivity index (χ0) is 9.14. The van der Waals surface area contributed by atoms with E-state index in [1.54, 1.807) is 6.07 Å². The molecule has 0 atom stereocenters. The number of nitrogens with one attached hydrogen (secondary N) is 1. The van der Waals surface area contributed by atoms with Crippen LogP contribution in [0.25, 0.3) is 0 Å². The molecular weight excluding hydrogens is 154 g/mol. The number of rotatable bonds is 2. The third-order valence-electron chi connectivity index (χ3n) is 1.96. The molecule has 0 radical (unpaired) electrons. The summed E-state index contributed by atoms with van der Waals surface area (Å²) in [5.41, 5.74) is 4.88. The van der Waals surface area contributed by atoms with Crippen molar-refractivity contribution in [3.63, 3.8) is 0 Å². The molecular formula is C9H13NO2. The molecule has 0 unspecified atom stereocenters. The van der Waals surface area contributed by atoms with Crippen LogP contribution < -0.4 is 5.48 Å². The van der Waals surface area contributed by atoms with Gasteiger partial charge in [-0.1, -0.05) is 6.07 Å². The minimum Gasteiger partial charge on any atom is -0.508 e. The molecule has 0 heterocycles. The van der Waals surface area contributed by atoms with Crippen molar-refractivity contribution in [1.29, 1.82) is 0 Å². The first-order valence-corrected chi connectivity index (χ1v) is 3.81. The number of hydroxylamine groups is 1. The molecule has 0 aliphatic carbocycles. The Kier molecular flexibility index (Phi) is 2.68. The lowest BCUT2D eigenvalue weighted by atomic mass is 10.1. The monoisotopic (exact) mass is 167 g/mol. The number of phenols is 1. The van der Waals surface area contributed by atoms with Crippen molar-refractivity contribution < 1.29 is 10.3 Å². The van der Waals surface area contributed by atoms with Gasteiger partial charge in [0.1, 0.15) is 5.75 Å². The summed E-state index contributed by atoms with van der Waals surface area (Å²) in [6.45, 7) is 4.17. The highest BCUT2D eigenvalue weighted by molar-refractivity contribution is 5.40. The summed E-state index contributed by atoms with van der Waals surface area (Å²) in [7, 11) is 0. The first kappa shape index (κ1) is 9.03. The van der Waals surface area contributed by atoms with Gasteiger partial charge in [-0.3, -0.25) is 0 Å². The highest BCUT2D eigenvalue weighted by Gasteiger charge is 2.02. The lowest BCUT2D eigenvalue weighted by Gasteiger charge is -2.06. The topological polar surface area (TPSA) is 52.5 Å². The van der Waals surface area contributed by atoms with E-state index >= 15 is 0 Å². The minimum atomic E-state index is 0.222. The van der Waals surface area contributed by atoms with E-state index in [1.165, 1.54) is 0 Å². The van der Waals surface area contributed by atoms with Crippen LogP contribution >= 0.6 is 0 Å². The zero-order valence-electron chi connectivity index (χ0n) is 7.26. The standard InChI is InChI=1S/C9H13NO2/c1-6-3-8(5-10-12)9(11)4-7(6)2/h3-4,10-12H,5H2,1-2H3. The van der Waals surface area contributed by atoms with Crippen LogP contribution in [0.2, 0.25) is 0 Å². The van der Waals surface area contributed by atoms with Gasteiger partial charge in [-0.15, -0.1) is 0 Å². The Bertz CT molecular complexity index is 284. The quantitative estimate of drug-likeness (QED) is 0.585. The molecule has 1 aromatic rings. The van der Waals surface area contributed by atoms with Crippen LogP contribution in [-0.2, 0) is 6.54 Å². The second-order valence-corrected chi connectivity index (χ2v) is 2.90. The first-order valence-electron chi connectivity index (χ1n) is 3.81. The zero-order valence-corrected chi connectivity index (χ0v) is 7.26. The summed E-state index contributed by atoms with van der Waals surface area (Å²) in [6.07, 6.45) is 0. The Labute approximate surface area is 71.6 Å². The van der Waals surface area contributed by atoms with Crippen LogP contribution in [-0.4, -0.2) is 10.3 Å². The van der Waals surface area contributed by atoms with Crippen molar-refractivity contribution in [1.82, 2.24) is 5.48 Å². The normalized spacial score (nSPS) is 10.2. The Morgan fingerprint density at radius 1 is 1.25 bits per heavy atom. The van der Waals surface area contributed by atoms with Crippen LogP contribution in [0, 0.1) is 13.8 Å². The molecule has 1 rings (SSSR count). The van der Waals surface area contributed by atoms with Gasteiger partial charge in [0.2, 0.25) is 0 Å². The Morgan fingerprint density at radius 3 is 2.42 bits per heavy atom. The average Bonchev–Trinajstić information content (AvgIpc) is 2.01. The number of aromatic hydroxyl groups is 1. The predicted molar refractivity (Wildman–Crippen MR) is 46.2 cm³/mol. The maximum atomic E-state index is 9.40. The van der Waals surface area contributed by atoms with E-state index < -0.39 is 0 Å². The molecule has 0 aliphatic rings. The number of phenolic OH excluding ortho intramolecular Hbond substituents is 1. The molecule has 1 aromatic carbocycles. The summed E-state index contributed by atoms with van der Waals surface area (Å²) >= 11 is 0. The molecule has 0 saturated heterocycles. The van der Waals surface area contributed by atoms with Gasteiger partial charge in [-0.2, -0.15) is 0 Å². The molecule has 0 fully saturated rings. The number of hydrogen-bond donors (Lipinski definition) is 3. The van der Waals surface area contributed by atoms with Gasteiger partial charge in [-0.05, 0) is 31.0 Å². The van der Waals surface area contributed by atoms with Crippen LogP contribution in [0.4, 0.5) is 0 Å². The number of benzene rings is 1. The Morgan fingerprint density at radius 2 is 1.83 bits per heavy atom. The lowest BCUT2D eigenvalue weighted by Crippen LogP contribution is -2.06. The highest BCUT2D eigenvalue weighted by Crippen LogP contribution is 2.21. The maximum Gasteiger partial charge on any atom is 0.120 e. The molecule has 0 aromatic heterocycles. The molecule has 66 valence electrons. The van der Waals surface area contributed by atoms with Crippen molar-refractivity contribution in [3.8, 4) is 5.75 Å². The van der Waals surface area contributed by atoms with Crippen molar-refractivity contribution in [3.05, 3.63) is 28.8 Å². The van der Waals surface area contributed by atoms with Crippen LogP contribution in [0.15, 0.2) is 12.1 Å². The van der Waals surface area contributed by atoms with E-state index in [4.69, 9.17) is 5.21 Å². The van der Waals surface area contributed by atoms with E-state index in [0.717, 1.165) is 11.1 Å². The van der Waals surface area contributed by atoms with E-state index in [9.17, 15) is 5.11 Å². The number of aryl methyl sites for hydroxylation is 2. The smallest absolute Gasteiger partial charge is 0.120 e. The molecule has 0 saturated carbocycles. The second-order valence-electron chi connectivity index (χ2n) is 2.90. The first-order chi connectivity index (χ1) is 5.65. The van der Waals surface area contributed by atoms with Crippen molar-refractivity contribution in [2.24, 2.45) is 0 Å². The molecule has 0 aliphatic heterocycles.